The van der Waals surface area contributed by atoms with Crippen LogP contribution < -0.4 is 5.32 Å². The third-order valence-electron chi connectivity index (χ3n) is 3.62. The number of aliphatic carboxylic acids is 1. The SMILES string of the molecule is CC(C)(C)C(CCNc1ccc(C#N)cn1)CCC(=O)O. The number of carboxylic acids is 1. The Bertz CT molecular complexity index is 498. The average molecular weight is 289 g/mol. The molecule has 114 valence electrons. The lowest BCUT2D eigenvalue weighted by molar-refractivity contribution is -0.137. The molecule has 0 saturated heterocycles. The average Bonchev–Trinajstić information content (AvgIpc) is 2.41. The lowest BCUT2D eigenvalue weighted by Crippen LogP contribution is -2.24. The van der Waals surface area contributed by atoms with Gasteiger partial charge < -0.3 is 10.4 Å². The van der Waals surface area contributed by atoms with Crippen molar-refractivity contribution in [1.82, 2.24) is 4.98 Å². The van der Waals surface area contributed by atoms with Gasteiger partial charge in [-0.05, 0) is 36.3 Å². The van der Waals surface area contributed by atoms with Crippen LogP contribution in [-0.2, 0) is 4.79 Å². The molecular weight excluding hydrogens is 266 g/mol. The number of nitrogens with zero attached hydrogens (tertiary/aromatic N) is 2. The number of hydrogen-bond acceptors (Lipinski definition) is 4. The summed E-state index contributed by atoms with van der Waals surface area (Å²) in [6, 6.07) is 5.53. The summed E-state index contributed by atoms with van der Waals surface area (Å²) >= 11 is 0. The molecule has 2 N–H and O–H groups in total. The number of hydrogen-bond donors (Lipinski definition) is 2. The molecule has 0 saturated carbocycles. The first-order chi connectivity index (χ1) is 9.82. The van der Waals surface area contributed by atoms with Gasteiger partial charge in [-0.25, -0.2) is 4.98 Å². The predicted octanol–water partition coefficient (Wildman–Crippen LogP) is 3.28. The topological polar surface area (TPSA) is 86.0 Å². The van der Waals surface area contributed by atoms with Crippen LogP contribution >= 0.6 is 0 Å². The van der Waals surface area contributed by atoms with Gasteiger partial charge in [-0.1, -0.05) is 20.8 Å². The Morgan fingerprint density at radius 3 is 2.62 bits per heavy atom. The minimum atomic E-state index is -0.744. The molecule has 5 heteroatoms. The molecule has 5 nitrogen and oxygen atoms in total. The summed E-state index contributed by atoms with van der Waals surface area (Å²) in [5.41, 5.74) is 0.615. The number of nitriles is 1. The zero-order chi connectivity index (χ0) is 15.9. The van der Waals surface area contributed by atoms with Gasteiger partial charge in [0, 0.05) is 19.2 Å². The van der Waals surface area contributed by atoms with Gasteiger partial charge >= 0.3 is 5.97 Å². The monoisotopic (exact) mass is 289 g/mol. The van der Waals surface area contributed by atoms with E-state index >= 15 is 0 Å². The van der Waals surface area contributed by atoms with E-state index in [0.29, 0.717) is 17.9 Å². The van der Waals surface area contributed by atoms with Crippen LogP contribution in [0.5, 0.6) is 0 Å². The van der Waals surface area contributed by atoms with Gasteiger partial charge in [-0.2, -0.15) is 5.26 Å². The molecule has 0 aliphatic heterocycles. The van der Waals surface area contributed by atoms with Crippen LogP contribution in [-0.4, -0.2) is 22.6 Å². The fraction of sp³-hybridized carbons (Fsp3) is 0.562. The summed E-state index contributed by atoms with van der Waals surface area (Å²) in [7, 11) is 0. The van der Waals surface area contributed by atoms with Crippen LogP contribution in [0, 0.1) is 22.7 Å². The predicted molar refractivity (Wildman–Crippen MR) is 81.9 cm³/mol. The molecule has 0 spiro atoms. The highest BCUT2D eigenvalue weighted by Crippen LogP contribution is 2.32. The van der Waals surface area contributed by atoms with Crippen molar-refractivity contribution in [2.24, 2.45) is 11.3 Å². The molecule has 1 aromatic rings. The summed E-state index contributed by atoms with van der Waals surface area (Å²) < 4.78 is 0. The molecule has 0 radical (unpaired) electrons. The van der Waals surface area contributed by atoms with Crippen molar-refractivity contribution in [2.75, 3.05) is 11.9 Å². The highest BCUT2D eigenvalue weighted by atomic mass is 16.4. The fourth-order valence-electron chi connectivity index (χ4n) is 2.25. The molecule has 1 unspecified atom stereocenters. The van der Waals surface area contributed by atoms with Gasteiger partial charge in [-0.3, -0.25) is 4.79 Å². The number of anilines is 1. The molecule has 1 rings (SSSR count). The van der Waals surface area contributed by atoms with Crippen LogP contribution in [0.4, 0.5) is 5.82 Å². The Balaban J connectivity index is 2.49. The Morgan fingerprint density at radius 2 is 2.14 bits per heavy atom. The smallest absolute Gasteiger partial charge is 0.303 e. The maximum absolute atomic E-state index is 10.7. The van der Waals surface area contributed by atoms with Gasteiger partial charge in [-0.15, -0.1) is 0 Å². The van der Waals surface area contributed by atoms with Crippen LogP contribution in [0.2, 0.25) is 0 Å². The largest absolute Gasteiger partial charge is 0.481 e. The van der Waals surface area contributed by atoms with E-state index < -0.39 is 5.97 Å². The van der Waals surface area contributed by atoms with Gasteiger partial charge in [0.1, 0.15) is 11.9 Å². The zero-order valence-corrected chi connectivity index (χ0v) is 12.9. The van der Waals surface area contributed by atoms with Crippen molar-refractivity contribution < 1.29 is 9.90 Å². The standard InChI is InChI=1S/C16H23N3O2/c1-16(2,3)13(5-7-15(20)21)8-9-18-14-6-4-12(10-17)11-19-14/h4,6,11,13H,5,7-9H2,1-3H3,(H,18,19)(H,20,21). The van der Waals surface area contributed by atoms with E-state index in [0.717, 1.165) is 18.8 Å². The first-order valence-electron chi connectivity index (χ1n) is 7.14. The second-order valence-electron chi connectivity index (χ2n) is 6.25. The first kappa shape index (κ1) is 17.0. The Morgan fingerprint density at radius 1 is 1.43 bits per heavy atom. The van der Waals surface area contributed by atoms with Gasteiger partial charge in [0.05, 0.1) is 5.56 Å². The Labute approximate surface area is 126 Å². The third kappa shape index (κ3) is 6.26. The minimum absolute atomic E-state index is 0.0786. The summed E-state index contributed by atoms with van der Waals surface area (Å²) in [4.78, 5) is 14.9. The molecular formula is C16H23N3O2. The number of carboxylic acid groups (broad SMARTS) is 1. The second kappa shape index (κ2) is 7.63. The molecule has 0 amide bonds. The van der Waals surface area contributed by atoms with Gasteiger partial charge in [0.2, 0.25) is 0 Å². The van der Waals surface area contributed by atoms with Crippen molar-refractivity contribution in [2.45, 2.75) is 40.0 Å². The molecule has 1 aromatic heterocycles. The number of carbonyl (C=O) groups is 1. The van der Waals surface area contributed by atoms with E-state index in [2.05, 4.69) is 31.1 Å². The minimum Gasteiger partial charge on any atom is -0.481 e. The van der Waals surface area contributed by atoms with E-state index in [4.69, 9.17) is 10.4 Å². The summed E-state index contributed by atoms with van der Waals surface area (Å²) in [5.74, 6) is 0.324. The van der Waals surface area contributed by atoms with Crippen molar-refractivity contribution in [3.05, 3.63) is 23.9 Å². The molecule has 0 aliphatic rings. The molecule has 0 fully saturated rings. The summed E-state index contributed by atoms with van der Waals surface area (Å²) in [6.45, 7) is 7.15. The number of nitrogens with one attached hydrogen (secondary N) is 1. The molecule has 1 heterocycles. The first-order valence-corrected chi connectivity index (χ1v) is 7.14. The van der Waals surface area contributed by atoms with Gasteiger partial charge in [0.15, 0.2) is 0 Å². The molecule has 1 atom stereocenters. The third-order valence-corrected chi connectivity index (χ3v) is 3.62. The van der Waals surface area contributed by atoms with Crippen molar-refractivity contribution in [1.29, 1.82) is 5.26 Å². The quantitative estimate of drug-likeness (QED) is 0.804. The van der Waals surface area contributed by atoms with Crippen LogP contribution in [0.15, 0.2) is 18.3 Å². The van der Waals surface area contributed by atoms with Crippen LogP contribution in [0.25, 0.3) is 0 Å². The highest BCUT2D eigenvalue weighted by Gasteiger charge is 2.24. The molecule has 21 heavy (non-hydrogen) atoms. The maximum Gasteiger partial charge on any atom is 0.303 e. The second-order valence-corrected chi connectivity index (χ2v) is 6.25. The fourth-order valence-corrected chi connectivity index (χ4v) is 2.25. The maximum atomic E-state index is 10.7. The Kier molecular flexibility index (Phi) is 6.16. The normalized spacial score (nSPS) is 12.5. The lowest BCUT2D eigenvalue weighted by atomic mass is 9.76. The van der Waals surface area contributed by atoms with Gasteiger partial charge in [0.25, 0.3) is 0 Å². The summed E-state index contributed by atoms with van der Waals surface area (Å²) in [6.07, 6.45) is 3.31. The summed E-state index contributed by atoms with van der Waals surface area (Å²) in [5, 5.41) is 20.8. The molecule has 0 aliphatic carbocycles. The van der Waals surface area contributed by atoms with E-state index in [-0.39, 0.29) is 11.8 Å². The van der Waals surface area contributed by atoms with E-state index in [9.17, 15) is 4.79 Å². The van der Waals surface area contributed by atoms with Crippen molar-refractivity contribution >= 4 is 11.8 Å². The zero-order valence-electron chi connectivity index (χ0n) is 12.9. The molecule has 0 aromatic carbocycles. The lowest BCUT2D eigenvalue weighted by Gasteiger charge is -2.30. The Hall–Kier alpha value is -2.09. The van der Waals surface area contributed by atoms with E-state index in [1.165, 1.54) is 6.20 Å². The van der Waals surface area contributed by atoms with E-state index in [1.54, 1.807) is 12.1 Å². The van der Waals surface area contributed by atoms with Crippen molar-refractivity contribution in [3.8, 4) is 6.07 Å². The van der Waals surface area contributed by atoms with Crippen LogP contribution in [0.3, 0.4) is 0 Å². The highest BCUT2D eigenvalue weighted by molar-refractivity contribution is 5.66. The number of rotatable bonds is 7. The number of pyridine rings is 1. The van der Waals surface area contributed by atoms with Crippen molar-refractivity contribution in [3.63, 3.8) is 0 Å². The van der Waals surface area contributed by atoms with E-state index in [1.807, 2.05) is 6.07 Å². The molecule has 0 bridgehead atoms. The van der Waals surface area contributed by atoms with Crippen LogP contribution in [0.1, 0.15) is 45.6 Å². The number of aromatic nitrogens is 1.